The molecule has 0 radical (unpaired) electrons. The van der Waals surface area contributed by atoms with Gasteiger partial charge in [0, 0.05) is 26.2 Å². The molecule has 7 nitrogen and oxygen atoms in total. The molecule has 0 aliphatic carbocycles. The van der Waals surface area contributed by atoms with Crippen LogP contribution in [0.25, 0.3) is 11.4 Å². The van der Waals surface area contributed by atoms with Gasteiger partial charge in [0.05, 0.1) is 24.8 Å². The van der Waals surface area contributed by atoms with Crippen molar-refractivity contribution >= 4 is 17.7 Å². The van der Waals surface area contributed by atoms with Crippen LogP contribution in [0, 0.1) is 11.3 Å². The van der Waals surface area contributed by atoms with E-state index in [4.69, 9.17) is 10.00 Å². The molecule has 0 aliphatic rings. The summed E-state index contributed by atoms with van der Waals surface area (Å²) < 4.78 is 7.03. The lowest BCUT2D eigenvalue weighted by Crippen LogP contribution is -2.34. The van der Waals surface area contributed by atoms with Crippen LogP contribution in [-0.2, 0) is 11.8 Å². The molecule has 0 aliphatic heterocycles. The molecule has 0 N–H and O–H groups in total. The Hall–Kier alpha value is -2.53. The molecule has 0 unspecified atom stereocenters. The molecule has 0 saturated carbocycles. The monoisotopic (exact) mass is 359 g/mol. The molecular weight excluding hydrogens is 338 g/mol. The van der Waals surface area contributed by atoms with Gasteiger partial charge >= 0.3 is 0 Å². The second-order valence-corrected chi connectivity index (χ2v) is 6.83. The number of hydrogen-bond acceptors (Lipinski definition) is 6. The van der Waals surface area contributed by atoms with Crippen molar-refractivity contribution in [3.05, 3.63) is 24.3 Å². The Bertz CT molecular complexity index is 766. The third kappa shape index (κ3) is 4.51. The molecule has 0 spiro atoms. The van der Waals surface area contributed by atoms with E-state index in [2.05, 4.69) is 10.2 Å². The molecular formula is C17H21N5O2S. The van der Waals surface area contributed by atoms with Gasteiger partial charge in [0.25, 0.3) is 0 Å². The number of amides is 1. The van der Waals surface area contributed by atoms with Crippen LogP contribution < -0.4 is 4.74 Å². The van der Waals surface area contributed by atoms with E-state index in [1.54, 1.807) is 19.1 Å². The van der Waals surface area contributed by atoms with E-state index in [1.807, 2.05) is 48.9 Å². The number of aromatic nitrogens is 3. The number of carbonyl (C=O) groups excluding carboxylic acids is 1. The molecule has 1 amide bonds. The molecule has 2 aromatic rings. The van der Waals surface area contributed by atoms with Crippen molar-refractivity contribution in [2.45, 2.75) is 23.8 Å². The van der Waals surface area contributed by atoms with Crippen LogP contribution in [0.3, 0.4) is 0 Å². The summed E-state index contributed by atoms with van der Waals surface area (Å²) in [5, 5.41) is 17.4. The second kappa shape index (κ2) is 8.53. The number of carbonyl (C=O) groups is 1. The first-order valence-corrected chi connectivity index (χ1v) is 8.68. The lowest BCUT2D eigenvalue weighted by molar-refractivity contribution is -0.128. The molecule has 0 fully saturated rings. The van der Waals surface area contributed by atoms with Gasteiger partial charge in [-0.1, -0.05) is 11.8 Å². The lowest BCUT2D eigenvalue weighted by Gasteiger charge is -2.19. The first kappa shape index (κ1) is 18.8. The zero-order valence-corrected chi connectivity index (χ0v) is 15.6. The summed E-state index contributed by atoms with van der Waals surface area (Å²) in [5.74, 6) is 1.47. The van der Waals surface area contributed by atoms with Crippen LogP contribution in [-0.4, -0.2) is 51.5 Å². The smallest absolute Gasteiger partial charge is 0.235 e. The molecule has 0 saturated heterocycles. The van der Waals surface area contributed by atoms with Gasteiger partial charge in [0.2, 0.25) is 5.91 Å². The largest absolute Gasteiger partial charge is 0.497 e. The summed E-state index contributed by atoms with van der Waals surface area (Å²) in [6, 6.07) is 9.62. The van der Waals surface area contributed by atoms with E-state index in [9.17, 15) is 4.79 Å². The minimum absolute atomic E-state index is 0.0331. The van der Waals surface area contributed by atoms with Gasteiger partial charge in [-0.25, -0.2) is 0 Å². The Kier molecular flexibility index (Phi) is 6.42. The number of methoxy groups -OCH3 is 1. The number of nitrogens with zero attached hydrogens (tertiary/aromatic N) is 5. The van der Waals surface area contributed by atoms with Crippen molar-refractivity contribution in [3.63, 3.8) is 0 Å². The van der Waals surface area contributed by atoms with Crippen LogP contribution in [0.5, 0.6) is 5.75 Å². The first-order chi connectivity index (χ1) is 12.0. The number of benzene rings is 1. The average molecular weight is 359 g/mol. The Morgan fingerprint density at radius 3 is 2.68 bits per heavy atom. The van der Waals surface area contributed by atoms with Crippen molar-refractivity contribution in [3.8, 4) is 23.2 Å². The van der Waals surface area contributed by atoms with Crippen molar-refractivity contribution in [2.75, 3.05) is 20.7 Å². The molecule has 1 aromatic heterocycles. The number of nitriles is 1. The Morgan fingerprint density at radius 1 is 1.40 bits per heavy atom. The van der Waals surface area contributed by atoms with E-state index in [1.165, 1.54) is 11.8 Å². The summed E-state index contributed by atoms with van der Waals surface area (Å²) in [7, 11) is 5.20. The van der Waals surface area contributed by atoms with Gasteiger partial charge in [-0.2, -0.15) is 5.26 Å². The Morgan fingerprint density at radius 2 is 2.08 bits per heavy atom. The van der Waals surface area contributed by atoms with E-state index in [-0.39, 0.29) is 11.2 Å². The van der Waals surface area contributed by atoms with Crippen LogP contribution >= 0.6 is 11.8 Å². The third-order valence-corrected chi connectivity index (χ3v) is 4.87. The first-order valence-electron chi connectivity index (χ1n) is 7.80. The highest BCUT2D eigenvalue weighted by Crippen LogP contribution is 2.27. The predicted octanol–water partition coefficient (Wildman–Crippen LogP) is 2.34. The quantitative estimate of drug-likeness (QED) is 0.706. The molecule has 2 rings (SSSR count). The third-order valence-electron chi connectivity index (χ3n) is 3.75. The van der Waals surface area contributed by atoms with Gasteiger partial charge in [-0.3, -0.25) is 4.79 Å². The highest BCUT2D eigenvalue weighted by Gasteiger charge is 2.22. The van der Waals surface area contributed by atoms with Crippen molar-refractivity contribution in [2.24, 2.45) is 7.05 Å². The minimum atomic E-state index is -0.310. The number of thioether (sulfide) groups is 1. The molecule has 1 heterocycles. The summed E-state index contributed by atoms with van der Waals surface area (Å²) in [5.41, 5.74) is 0.924. The molecule has 132 valence electrons. The highest BCUT2D eigenvalue weighted by atomic mass is 32.2. The molecule has 1 aromatic carbocycles. The average Bonchev–Trinajstić information content (AvgIpc) is 2.99. The topological polar surface area (TPSA) is 84.0 Å². The Balaban J connectivity index is 2.10. The minimum Gasteiger partial charge on any atom is -0.497 e. The molecule has 0 bridgehead atoms. The van der Waals surface area contributed by atoms with Crippen LogP contribution in [0.2, 0.25) is 0 Å². The zero-order chi connectivity index (χ0) is 18.4. The molecule has 8 heteroatoms. The van der Waals surface area contributed by atoms with Gasteiger partial charge in [-0.15, -0.1) is 10.2 Å². The lowest BCUT2D eigenvalue weighted by atomic mass is 10.2. The number of rotatable bonds is 7. The van der Waals surface area contributed by atoms with E-state index < -0.39 is 0 Å². The fourth-order valence-corrected chi connectivity index (χ4v) is 3.19. The standard InChI is InChI=1S/C17H21N5O2S/c1-12(16(23)21(2)11-5-10-18)25-17-20-19-15(22(17)3)13-6-8-14(24-4)9-7-13/h6-9,12H,5,11H2,1-4H3/t12-/m1/s1. The van der Waals surface area contributed by atoms with Crippen molar-refractivity contribution in [1.82, 2.24) is 19.7 Å². The highest BCUT2D eigenvalue weighted by molar-refractivity contribution is 8.00. The zero-order valence-electron chi connectivity index (χ0n) is 14.8. The van der Waals surface area contributed by atoms with Crippen LogP contribution in [0.4, 0.5) is 0 Å². The summed E-state index contributed by atoms with van der Waals surface area (Å²) >= 11 is 1.35. The summed E-state index contributed by atoms with van der Waals surface area (Å²) in [4.78, 5) is 13.9. The summed E-state index contributed by atoms with van der Waals surface area (Å²) in [6.07, 6.45) is 0.325. The molecule has 25 heavy (non-hydrogen) atoms. The van der Waals surface area contributed by atoms with Crippen molar-refractivity contribution < 1.29 is 9.53 Å². The van der Waals surface area contributed by atoms with Crippen LogP contribution in [0.1, 0.15) is 13.3 Å². The van der Waals surface area contributed by atoms with Crippen LogP contribution in [0.15, 0.2) is 29.4 Å². The number of hydrogen-bond donors (Lipinski definition) is 0. The maximum atomic E-state index is 12.3. The van der Waals surface area contributed by atoms with Crippen molar-refractivity contribution in [1.29, 1.82) is 5.26 Å². The normalized spacial score (nSPS) is 11.6. The van der Waals surface area contributed by atoms with E-state index in [0.29, 0.717) is 18.1 Å². The predicted molar refractivity (Wildman–Crippen MR) is 96.2 cm³/mol. The second-order valence-electron chi connectivity index (χ2n) is 5.52. The maximum absolute atomic E-state index is 12.3. The Labute approximate surface area is 151 Å². The maximum Gasteiger partial charge on any atom is 0.235 e. The van der Waals surface area contributed by atoms with E-state index >= 15 is 0 Å². The number of ether oxygens (including phenoxy) is 1. The summed E-state index contributed by atoms with van der Waals surface area (Å²) in [6.45, 7) is 2.26. The van der Waals surface area contributed by atoms with E-state index in [0.717, 1.165) is 17.1 Å². The molecule has 1 atom stereocenters. The fraction of sp³-hybridized carbons (Fsp3) is 0.412. The fourth-order valence-electron chi connectivity index (χ4n) is 2.26. The van der Waals surface area contributed by atoms with Gasteiger partial charge in [0.1, 0.15) is 5.75 Å². The van der Waals surface area contributed by atoms with Gasteiger partial charge in [-0.05, 0) is 31.2 Å². The van der Waals surface area contributed by atoms with Gasteiger partial charge < -0.3 is 14.2 Å². The SMILES string of the molecule is COc1ccc(-c2nnc(S[C@H](C)C(=O)N(C)CCC#N)n2C)cc1. The van der Waals surface area contributed by atoms with Gasteiger partial charge in [0.15, 0.2) is 11.0 Å².